The molecule has 4 rings (SSSR count). The van der Waals surface area contributed by atoms with Crippen LogP contribution in [0, 0.1) is 0 Å². The van der Waals surface area contributed by atoms with E-state index in [0.717, 1.165) is 0 Å². The molecule has 2 heterocycles. The van der Waals surface area contributed by atoms with Crippen molar-refractivity contribution in [2.45, 2.75) is 30.7 Å². The number of aliphatic hydroxyl groups excluding tert-OH is 4. The molecule has 0 spiro atoms. The molecule has 5 N–H and O–H groups in total. The van der Waals surface area contributed by atoms with Crippen LogP contribution in [0.5, 0.6) is 23.0 Å². The number of ether oxygens (including phenoxy) is 4. The first-order chi connectivity index (χ1) is 15.3. The molecule has 1 aliphatic rings. The van der Waals surface area contributed by atoms with Gasteiger partial charge in [-0.1, -0.05) is 0 Å². The van der Waals surface area contributed by atoms with E-state index in [4.69, 9.17) is 23.4 Å². The van der Waals surface area contributed by atoms with Crippen molar-refractivity contribution in [1.29, 1.82) is 0 Å². The molecular formula is C21H22O11. The summed E-state index contributed by atoms with van der Waals surface area (Å²) < 4.78 is 27.3. The molecule has 1 aliphatic heterocycles. The minimum Gasteiger partial charge on any atom is -0.504 e. The van der Waals surface area contributed by atoms with Crippen LogP contribution in [0.3, 0.4) is 0 Å². The van der Waals surface area contributed by atoms with Gasteiger partial charge in [-0.3, -0.25) is 4.79 Å². The lowest BCUT2D eigenvalue weighted by Gasteiger charge is -2.39. The van der Waals surface area contributed by atoms with Gasteiger partial charge in [-0.15, -0.1) is 0 Å². The van der Waals surface area contributed by atoms with Crippen molar-refractivity contribution >= 4 is 21.9 Å². The van der Waals surface area contributed by atoms with Gasteiger partial charge < -0.3 is 48.9 Å². The van der Waals surface area contributed by atoms with Gasteiger partial charge in [0.15, 0.2) is 11.3 Å². The van der Waals surface area contributed by atoms with Gasteiger partial charge in [0.1, 0.15) is 46.9 Å². The molecule has 0 bridgehead atoms. The molecule has 0 saturated carbocycles. The first-order valence-electron chi connectivity index (χ1n) is 9.62. The topological polar surface area (TPSA) is 168 Å². The fraction of sp³-hybridized carbons (Fsp3) is 0.381. The number of hydrogen-bond donors (Lipinski definition) is 5. The Balaban J connectivity index is 1.89. The molecule has 5 atom stereocenters. The van der Waals surface area contributed by atoms with E-state index in [1.165, 1.54) is 38.5 Å². The highest BCUT2D eigenvalue weighted by Crippen LogP contribution is 2.38. The number of phenolic OH excluding ortho intramolecular Hbond substituents is 1. The molecule has 2 aromatic carbocycles. The number of hydrogen-bond acceptors (Lipinski definition) is 11. The molecule has 0 amide bonds. The van der Waals surface area contributed by atoms with Gasteiger partial charge in [0.05, 0.1) is 26.2 Å². The lowest BCUT2D eigenvalue weighted by Crippen LogP contribution is -2.60. The zero-order valence-electron chi connectivity index (χ0n) is 17.1. The molecular weight excluding hydrogens is 428 g/mol. The summed E-state index contributed by atoms with van der Waals surface area (Å²) in [5.41, 5.74) is -0.482. The second-order valence-electron chi connectivity index (χ2n) is 7.24. The Morgan fingerprint density at radius 1 is 1.03 bits per heavy atom. The smallest absolute Gasteiger partial charge is 0.229 e. The second-order valence-corrected chi connectivity index (χ2v) is 7.24. The minimum absolute atomic E-state index is 0.0112. The fourth-order valence-corrected chi connectivity index (χ4v) is 3.65. The number of rotatable bonds is 5. The van der Waals surface area contributed by atoms with Crippen LogP contribution >= 0.6 is 0 Å². The summed E-state index contributed by atoms with van der Waals surface area (Å²) in [7, 11) is 2.70. The monoisotopic (exact) mass is 450 g/mol. The summed E-state index contributed by atoms with van der Waals surface area (Å²) in [5, 5.41) is 49.8. The van der Waals surface area contributed by atoms with Crippen LogP contribution in [-0.4, -0.2) is 77.1 Å². The maximum atomic E-state index is 13.3. The first-order valence-corrected chi connectivity index (χ1v) is 9.62. The molecule has 11 nitrogen and oxygen atoms in total. The van der Waals surface area contributed by atoms with Crippen LogP contribution in [0.1, 0.15) is 0 Å². The number of aliphatic hydroxyl groups is 4. The Hall–Kier alpha value is -3.09. The van der Waals surface area contributed by atoms with E-state index in [2.05, 4.69) is 0 Å². The van der Waals surface area contributed by atoms with Gasteiger partial charge in [-0.05, 0) is 12.1 Å². The van der Waals surface area contributed by atoms with Crippen LogP contribution in [0.2, 0.25) is 0 Å². The largest absolute Gasteiger partial charge is 0.504 e. The van der Waals surface area contributed by atoms with E-state index in [1.54, 1.807) is 0 Å². The molecule has 1 fully saturated rings. The van der Waals surface area contributed by atoms with E-state index in [1.807, 2.05) is 0 Å². The summed E-state index contributed by atoms with van der Waals surface area (Å²) in [6.07, 6.45) is -7.62. The molecule has 0 radical (unpaired) electrons. The number of benzene rings is 2. The van der Waals surface area contributed by atoms with Crippen molar-refractivity contribution in [3.63, 3.8) is 0 Å². The number of phenols is 1. The summed E-state index contributed by atoms with van der Waals surface area (Å²) >= 11 is 0. The third-order valence-electron chi connectivity index (χ3n) is 5.35. The van der Waals surface area contributed by atoms with Crippen molar-refractivity contribution < 1.29 is 48.9 Å². The molecule has 0 aliphatic carbocycles. The van der Waals surface area contributed by atoms with Crippen LogP contribution in [0.25, 0.3) is 21.9 Å². The van der Waals surface area contributed by atoms with Crippen molar-refractivity contribution in [2.75, 3.05) is 20.8 Å². The van der Waals surface area contributed by atoms with Crippen molar-refractivity contribution in [3.8, 4) is 23.0 Å². The number of fused-ring (bicyclic) bond motifs is 2. The summed E-state index contributed by atoms with van der Waals surface area (Å²) in [4.78, 5) is 13.3. The van der Waals surface area contributed by atoms with E-state index < -0.39 is 42.7 Å². The molecule has 32 heavy (non-hydrogen) atoms. The molecule has 1 saturated heterocycles. The predicted molar refractivity (Wildman–Crippen MR) is 109 cm³/mol. The minimum atomic E-state index is -1.68. The van der Waals surface area contributed by atoms with E-state index >= 15 is 0 Å². The maximum Gasteiger partial charge on any atom is 0.229 e. The lowest BCUT2D eigenvalue weighted by atomic mass is 9.99. The van der Waals surface area contributed by atoms with Gasteiger partial charge in [0, 0.05) is 12.1 Å². The Kier molecular flexibility index (Phi) is 5.84. The third kappa shape index (κ3) is 3.49. The zero-order chi connectivity index (χ0) is 23.2. The number of aromatic hydroxyl groups is 1. The van der Waals surface area contributed by atoms with Gasteiger partial charge in [-0.25, -0.2) is 0 Å². The van der Waals surface area contributed by atoms with Gasteiger partial charge in [0.2, 0.25) is 17.5 Å². The third-order valence-corrected chi connectivity index (χ3v) is 5.35. The Labute approximate surface area is 180 Å². The van der Waals surface area contributed by atoms with Crippen LogP contribution < -0.4 is 19.6 Å². The standard InChI is InChI=1S/C21H22O11/c1-28-8-5-11-14(15(24)9-3-4-10(23)20(29-2)19(9)30-11)12(6-8)31-21-18(27)17(26)16(25)13(7-22)32-21/h3-6,13,16-18,21-23,25-27H,7H2,1-2H3/t13-,16-,17-,18-,21-/m0/s1. The van der Waals surface area contributed by atoms with E-state index in [9.17, 15) is 30.3 Å². The zero-order valence-corrected chi connectivity index (χ0v) is 17.1. The van der Waals surface area contributed by atoms with Crippen LogP contribution in [-0.2, 0) is 4.74 Å². The second kappa shape index (κ2) is 8.45. The fourth-order valence-electron chi connectivity index (χ4n) is 3.65. The first kappa shape index (κ1) is 22.1. The quantitative estimate of drug-likeness (QED) is 0.328. The molecule has 0 unspecified atom stereocenters. The summed E-state index contributed by atoms with van der Waals surface area (Å²) in [6.45, 7) is -0.639. The van der Waals surface area contributed by atoms with E-state index in [-0.39, 0.29) is 44.9 Å². The normalized spacial score (nSPS) is 25.8. The van der Waals surface area contributed by atoms with Gasteiger partial charge in [-0.2, -0.15) is 0 Å². The van der Waals surface area contributed by atoms with Crippen molar-refractivity contribution in [1.82, 2.24) is 0 Å². The van der Waals surface area contributed by atoms with Crippen molar-refractivity contribution in [3.05, 3.63) is 34.5 Å². The molecule has 11 heteroatoms. The maximum absolute atomic E-state index is 13.3. The lowest BCUT2D eigenvalue weighted by molar-refractivity contribution is -0.277. The Bertz CT molecular complexity index is 1200. The Morgan fingerprint density at radius 2 is 1.78 bits per heavy atom. The van der Waals surface area contributed by atoms with Gasteiger partial charge in [0.25, 0.3) is 0 Å². The highest BCUT2D eigenvalue weighted by atomic mass is 16.7. The van der Waals surface area contributed by atoms with Crippen molar-refractivity contribution in [2.24, 2.45) is 0 Å². The SMILES string of the molecule is COc1cc(O[C@H]2O[C@@H](CO)[C@H](O)[C@H](O)[C@@H]2O)c2c(=O)c3ccc(O)c(OC)c3oc2c1. The molecule has 3 aromatic rings. The highest BCUT2D eigenvalue weighted by molar-refractivity contribution is 5.96. The van der Waals surface area contributed by atoms with Crippen LogP contribution in [0.15, 0.2) is 33.5 Å². The summed E-state index contributed by atoms with van der Waals surface area (Å²) in [5.74, 6) is -0.103. The average Bonchev–Trinajstić information content (AvgIpc) is 2.79. The summed E-state index contributed by atoms with van der Waals surface area (Å²) in [6, 6.07) is 5.44. The molecule has 1 aromatic heterocycles. The van der Waals surface area contributed by atoms with Gasteiger partial charge >= 0.3 is 0 Å². The Morgan fingerprint density at radius 3 is 2.44 bits per heavy atom. The van der Waals surface area contributed by atoms with Crippen LogP contribution in [0.4, 0.5) is 0 Å². The predicted octanol–water partition coefficient (Wildman–Crippen LogP) is -0.152. The number of methoxy groups -OCH3 is 2. The van der Waals surface area contributed by atoms with E-state index in [0.29, 0.717) is 0 Å². The highest BCUT2D eigenvalue weighted by Gasteiger charge is 2.45. The molecule has 172 valence electrons. The average molecular weight is 450 g/mol.